The maximum absolute atomic E-state index is 13.5. The van der Waals surface area contributed by atoms with Gasteiger partial charge in [0.05, 0.1) is 29.1 Å². The topological polar surface area (TPSA) is 73.1 Å². The van der Waals surface area contributed by atoms with E-state index in [1.54, 1.807) is 22.9 Å². The van der Waals surface area contributed by atoms with Crippen molar-refractivity contribution >= 4 is 23.2 Å². The van der Waals surface area contributed by atoms with Crippen LogP contribution in [0.5, 0.6) is 5.88 Å². The Morgan fingerprint density at radius 2 is 2.15 bits per heavy atom. The third kappa shape index (κ3) is 3.48. The van der Waals surface area contributed by atoms with Crippen LogP contribution in [0.25, 0.3) is 0 Å². The molecule has 4 heterocycles. The van der Waals surface area contributed by atoms with E-state index < -0.39 is 5.82 Å². The lowest BCUT2D eigenvalue weighted by Gasteiger charge is -2.31. The molecule has 4 rings (SSSR count). The number of hydrogen-bond acceptors (Lipinski definition) is 5. The standard InChI is InChI=1S/C18H15ClFN5O2/c1-11-9-24(15-4-13(20)7-21-8-15)18(26)16-5-14(23-25(11)16)10-27-17-3-2-12(19)6-22-17/h2-8,11H,9-10H2,1H3/t11-/m1/s1. The number of aromatic nitrogens is 4. The van der Waals surface area contributed by atoms with Gasteiger partial charge in [-0.05, 0) is 19.1 Å². The molecule has 1 aliphatic heterocycles. The molecule has 3 aromatic heterocycles. The smallest absolute Gasteiger partial charge is 0.276 e. The van der Waals surface area contributed by atoms with Crippen LogP contribution >= 0.6 is 11.6 Å². The van der Waals surface area contributed by atoms with Crippen molar-refractivity contribution < 1.29 is 13.9 Å². The second-order valence-electron chi connectivity index (χ2n) is 6.19. The molecular weight excluding hydrogens is 373 g/mol. The second-order valence-corrected chi connectivity index (χ2v) is 6.63. The van der Waals surface area contributed by atoms with Crippen LogP contribution in [0.15, 0.2) is 42.9 Å². The van der Waals surface area contributed by atoms with Gasteiger partial charge in [-0.1, -0.05) is 11.6 Å². The minimum Gasteiger partial charge on any atom is -0.471 e. The van der Waals surface area contributed by atoms with Crippen LogP contribution in [0.4, 0.5) is 10.1 Å². The number of amides is 1. The molecule has 1 aliphatic rings. The average molecular weight is 388 g/mol. The number of rotatable bonds is 4. The monoisotopic (exact) mass is 387 g/mol. The number of halogens is 2. The maximum Gasteiger partial charge on any atom is 0.276 e. The highest BCUT2D eigenvalue weighted by atomic mass is 35.5. The van der Waals surface area contributed by atoms with Crippen LogP contribution < -0.4 is 9.64 Å². The Hall–Kier alpha value is -3.00. The number of nitrogens with zero attached hydrogens (tertiary/aromatic N) is 5. The highest BCUT2D eigenvalue weighted by molar-refractivity contribution is 6.30. The van der Waals surface area contributed by atoms with Gasteiger partial charge in [0.1, 0.15) is 23.8 Å². The first-order valence-electron chi connectivity index (χ1n) is 8.26. The normalized spacial score (nSPS) is 16.3. The van der Waals surface area contributed by atoms with E-state index in [9.17, 15) is 9.18 Å². The van der Waals surface area contributed by atoms with Crippen LogP contribution in [0.1, 0.15) is 29.1 Å². The zero-order valence-electron chi connectivity index (χ0n) is 14.3. The van der Waals surface area contributed by atoms with E-state index in [-0.39, 0.29) is 18.6 Å². The van der Waals surface area contributed by atoms with E-state index in [0.29, 0.717) is 34.5 Å². The van der Waals surface area contributed by atoms with E-state index in [4.69, 9.17) is 16.3 Å². The van der Waals surface area contributed by atoms with E-state index in [1.807, 2.05) is 6.92 Å². The molecule has 0 aliphatic carbocycles. The number of hydrogen-bond donors (Lipinski definition) is 0. The average Bonchev–Trinajstić information content (AvgIpc) is 3.09. The van der Waals surface area contributed by atoms with Crippen molar-refractivity contribution in [1.29, 1.82) is 0 Å². The SMILES string of the molecule is C[C@@H]1CN(c2cncc(F)c2)C(=O)c2cc(COc3ccc(Cl)cn3)nn21. The van der Waals surface area contributed by atoms with Crippen molar-refractivity contribution in [3.8, 4) is 5.88 Å². The lowest BCUT2D eigenvalue weighted by Crippen LogP contribution is -2.42. The summed E-state index contributed by atoms with van der Waals surface area (Å²) in [5, 5.41) is 4.98. The van der Waals surface area contributed by atoms with Crippen molar-refractivity contribution in [2.75, 3.05) is 11.4 Å². The van der Waals surface area contributed by atoms with Crippen LogP contribution in [0.2, 0.25) is 5.02 Å². The van der Waals surface area contributed by atoms with Gasteiger partial charge in [-0.3, -0.25) is 14.5 Å². The Kier molecular flexibility index (Phi) is 4.49. The summed E-state index contributed by atoms with van der Waals surface area (Å²) in [5.41, 5.74) is 1.43. The fourth-order valence-electron chi connectivity index (χ4n) is 2.94. The molecule has 27 heavy (non-hydrogen) atoms. The number of fused-ring (bicyclic) bond motifs is 1. The fourth-order valence-corrected chi connectivity index (χ4v) is 3.05. The van der Waals surface area contributed by atoms with E-state index >= 15 is 0 Å². The van der Waals surface area contributed by atoms with E-state index in [0.717, 1.165) is 6.20 Å². The molecule has 7 nitrogen and oxygen atoms in total. The highest BCUT2D eigenvalue weighted by Gasteiger charge is 2.32. The van der Waals surface area contributed by atoms with Gasteiger partial charge in [0.2, 0.25) is 5.88 Å². The van der Waals surface area contributed by atoms with Crippen molar-refractivity contribution in [1.82, 2.24) is 19.7 Å². The first-order chi connectivity index (χ1) is 13.0. The highest BCUT2D eigenvalue weighted by Crippen LogP contribution is 2.26. The van der Waals surface area contributed by atoms with Crippen LogP contribution in [0.3, 0.4) is 0 Å². The predicted octanol–water partition coefficient (Wildman–Crippen LogP) is 3.27. The molecule has 0 fully saturated rings. The van der Waals surface area contributed by atoms with Gasteiger partial charge < -0.3 is 9.64 Å². The molecule has 0 saturated carbocycles. The van der Waals surface area contributed by atoms with Gasteiger partial charge in [-0.2, -0.15) is 5.10 Å². The molecule has 3 aromatic rings. The number of ether oxygens (including phenoxy) is 1. The molecule has 0 radical (unpaired) electrons. The molecule has 0 bridgehead atoms. The first kappa shape index (κ1) is 17.4. The number of anilines is 1. The Morgan fingerprint density at radius 3 is 2.89 bits per heavy atom. The second kappa shape index (κ2) is 6.96. The van der Waals surface area contributed by atoms with Gasteiger partial charge in [0.15, 0.2) is 0 Å². The summed E-state index contributed by atoms with van der Waals surface area (Å²) in [7, 11) is 0. The van der Waals surface area contributed by atoms with Gasteiger partial charge >= 0.3 is 0 Å². The third-order valence-electron chi connectivity index (χ3n) is 4.19. The van der Waals surface area contributed by atoms with E-state index in [2.05, 4.69) is 15.1 Å². The van der Waals surface area contributed by atoms with Crippen LogP contribution in [0, 0.1) is 5.82 Å². The predicted molar refractivity (Wildman–Crippen MR) is 96.4 cm³/mol. The zero-order chi connectivity index (χ0) is 19.0. The largest absolute Gasteiger partial charge is 0.471 e. The minimum absolute atomic E-state index is 0.0802. The molecule has 1 amide bonds. The van der Waals surface area contributed by atoms with Crippen LogP contribution in [-0.4, -0.2) is 32.2 Å². The summed E-state index contributed by atoms with van der Waals surface area (Å²) in [6, 6.07) is 6.22. The molecule has 0 saturated heterocycles. The Morgan fingerprint density at radius 1 is 1.30 bits per heavy atom. The van der Waals surface area contributed by atoms with Gasteiger partial charge in [0, 0.05) is 24.9 Å². The van der Waals surface area contributed by atoms with Crippen molar-refractivity contribution in [2.45, 2.75) is 19.6 Å². The maximum atomic E-state index is 13.5. The van der Waals surface area contributed by atoms with Crippen LogP contribution in [-0.2, 0) is 6.61 Å². The number of carbonyl (C=O) groups is 1. The van der Waals surface area contributed by atoms with Crippen molar-refractivity contribution in [2.24, 2.45) is 0 Å². The lowest BCUT2D eigenvalue weighted by atomic mass is 10.2. The summed E-state index contributed by atoms with van der Waals surface area (Å²) in [4.78, 5) is 22.2. The van der Waals surface area contributed by atoms with Gasteiger partial charge in [-0.15, -0.1) is 0 Å². The summed E-state index contributed by atoms with van der Waals surface area (Å²) in [6.45, 7) is 2.47. The summed E-state index contributed by atoms with van der Waals surface area (Å²) < 4.78 is 20.7. The molecule has 0 N–H and O–H groups in total. The fraction of sp³-hybridized carbons (Fsp3) is 0.222. The quantitative estimate of drug-likeness (QED) is 0.687. The molecule has 1 atom stereocenters. The van der Waals surface area contributed by atoms with Gasteiger partial charge in [-0.25, -0.2) is 9.37 Å². The zero-order valence-corrected chi connectivity index (χ0v) is 15.1. The summed E-state index contributed by atoms with van der Waals surface area (Å²) >= 11 is 5.80. The third-order valence-corrected chi connectivity index (χ3v) is 4.41. The lowest BCUT2D eigenvalue weighted by molar-refractivity contribution is 0.0953. The molecule has 0 unspecified atom stereocenters. The first-order valence-corrected chi connectivity index (χ1v) is 8.64. The summed E-state index contributed by atoms with van der Waals surface area (Å²) in [6.07, 6.45) is 4.06. The summed E-state index contributed by atoms with van der Waals surface area (Å²) in [5.74, 6) is -0.335. The number of carbonyl (C=O) groups excluding carboxylic acids is 1. The minimum atomic E-state index is -0.489. The molecule has 9 heteroatoms. The molecule has 138 valence electrons. The van der Waals surface area contributed by atoms with E-state index in [1.165, 1.54) is 23.4 Å². The number of pyridine rings is 2. The van der Waals surface area contributed by atoms with Crippen molar-refractivity contribution in [3.63, 3.8) is 0 Å². The Bertz CT molecular complexity index is 992. The van der Waals surface area contributed by atoms with Crippen molar-refractivity contribution in [3.05, 3.63) is 65.1 Å². The Labute approximate surface area is 159 Å². The molecule has 0 spiro atoms. The molecule has 0 aromatic carbocycles. The van der Waals surface area contributed by atoms with Gasteiger partial charge in [0.25, 0.3) is 5.91 Å². The Balaban J connectivity index is 1.55. The molecular formula is C18H15ClFN5O2.